The van der Waals surface area contributed by atoms with E-state index in [1.807, 2.05) is 0 Å². The summed E-state index contributed by atoms with van der Waals surface area (Å²) in [5, 5.41) is 0. The molecule has 0 rings (SSSR count). The highest BCUT2D eigenvalue weighted by molar-refractivity contribution is 4.52. The third-order valence-electron chi connectivity index (χ3n) is 0.768. The number of rotatable bonds is 3. The summed E-state index contributed by atoms with van der Waals surface area (Å²) in [4.78, 5) is 0. The molecule has 0 aliphatic rings. The Labute approximate surface area is 42.5 Å². The summed E-state index contributed by atoms with van der Waals surface area (Å²) < 4.78 is 16.0. The van der Waals surface area contributed by atoms with Gasteiger partial charge in [-0.3, -0.25) is 0 Å². The van der Waals surface area contributed by atoms with E-state index >= 15 is 0 Å². The molecule has 44 valence electrons. The number of methoxy groups -OCH3 is 1. The lowest BCUT2D eigenvalue weighted by molar-refractivity contribution is 0.0861. The first-order chi connectivity index (χ1) is 3.35. The van der Waals surface area contributed by atoms with Crippen LogP contribution in [0.4, 0.5) is 4.39 Å². The van der Waals surface area contributed by atoms with Crippen LogP contribution in [0.2, 0.25) is 0 Å². The Hall–Kier alpha value is -0.150. The van der Waals surface area contributed by atoms with Crippen LogP contribution in [-0.4, -0.2) is 26.4 Å². The van der Waals surface area contributed by atoms with Gasteiger partial charge in [-0.1, -0.05) is 0 Å². The van der Waals surface area contributed by atoms with Crippen molar-refractivity contribution in [1.82, 2.24) is 0 Å². The van der Waals surface area contributed by atoms with Crippen LogP contribution < -0.4 is 5.73 Å². The van der Waals surface area contributed by atoms with Crippen LogP contribution in [0.1, 0.15) is 0 Å². The molecule has 0 aromatic rings. The van der Waals surface area contributed by atoms with E-state index < -0.39 is 12.8 Å². The van der Waals surface area contributed by atoms with Crippen molar-refractivity contribution in [2.75, 3.05) is 20.3 Å². The van der Waals surface area contributed by atoms with Crippen molar-refractivity contribution >= 4 is 0 Å². The molecule has 0 aliphatic heterocycles. The Morgan fingerprint density at radius 2 is 2.43 bits per heavy atom. The third kappa shape index (κ3) is 2.53. The summed E-state index contributed by atoms with van der Waals surface area (Å²) in [7, 11) is 1.44. The molecule has 0 aliphatic carbocycles. The highest BCUT2D eigenvalue weighted by Crippen LogP contribution is 1.84. The molecule has 1 atom stereocenters. The summed E-state index contributed by atoms with van der Waals surface area (Å²) in [5.41, 5.74) is 5.03. The van der Waals surface area contributed by atoms with Crippen molar-refractivity contribution in [3.63, 3.8) is 0 Å². The molecular formula is C4H10FNO. The summed E-state index contributed by atoms with van der Waals surface area (Å²) in [6.07, 6.45) is -0.403. The number of ether oxygens (including phenoxy) is 1. The predicted molar refractivity (Wildman–Crippen MR) is 25.8 cm³/mol. The highest BCUT2D eigenvalue weighted by Gasteiger charge is 1.99. The van der Waals surface area contributed by atoms with Gasteiger partial charge in [-0.05, 0) is 0 Å². The SMILES string of the molecule is COC(CN)CF. The minimum Gasteiger partial charge on any atom is -0.377 e. The minimum atomic E-state index is -0.493. The zero-order chi connectivity index (χ0) is 5.70. The second kappa shape index (κ2) is 4.02. The molecule has 0 amide bonds. The standard InChI is InChI=1S/C4H10FNO/c1-7-4(2-5)3-6/h4H,2-3,6H2,1H3. The Morgan fingerprint density at radius 3 is 2.43 bits per heavy atom. The lowest BCUT2D eigenvalue weighted by atomic mass is 10.4. The zero-order valence-corrected chi connectivity index (χ0v) is 4.36. The van der Waals surface area contributed by atoms with Crippen molar-refractivity contribution in [3.8, 4) is 0 Å². The van der Waals surface area contributed by atoms with Gasteiger partial charge in [0.2, 0.25) is 0 Å². The predicted octanol–water partition coefficient (Wildman–Crippen LogP) is -0.0704. The maximum absolute atomic E-state index is 11.5. The van der Waals surface area contributed by atoms with Crippen molar-refractivity contribution in [2.45, 2.75) is 6.10 Å². The number of alkyl halides is 1. The molecule has 0 spiro atoms. The van der Waals surface area contributed by atoms with Gasteiger partial charge in [0, 0.05) is 13.7 Å². The minimum absolute atomic E-state index is 0.257. The second-order valence-electron chi connectivity index (χ2n) is 1.25. The molecule has 0 heterocycles. The smallest absolute Gasteiger partial charge is 0.117 e. The first-order valence-electron chi connectivity index (χ1n) is 2.14. The Morgan fingerprint density at radius 1 is 1.86 bits per heavy atom. The van der Waals surface area contributed by atoms with Crippen molar-refractivity contribution in [1.29, 1.82) is 0 Å². The summed E-state index contributed by atoms with van der Waals surface area (Å²) >= 11 is 0. The van der Waals surface area contributed by atoms with Crippen LogP contribution >= 0.6 is 0 Å². The maximum atomic E-state index is 11.5. The normalized spacial score (nSPS) is 14.1. The van der Waals surface area contributed by atoms with E-state index in [-0.39, 0.29) is 6.54 Å². The summed E-state index contributed by atoms with van der Waals surface area (Å²) in [6.45, 7) is -0.236. The monoisotopic (exact) mass is 107 g/mol. The average molecular weight is 107 g/mol. The molecule has 7 heavy (non-hydrogen) atoms. The van der Waals surface area contributed by atoms with Gasteiger partial charge in [-0.25, -0.2) is 4.39 Å². The van der Waals surface area contributed by atoms with Crippen molar-refractivity contribution < 1.29 is 9.13 Å². The van der Waals surface area contributed by atoms with Gasteiger partial charge in [-0.2, -0.15) is 0 Å². The van der Waals surface area contributed by atoms with Crippen LogP contribution in [0.15, 0.2) is 0 Å². The Bertz CT molecular complexity index is 33.2. The van der Waals surface area contributed by atoms with Crippen LogP contribution in [0.3, 0.4) is 0 Å². The third-order valence-corrected chi connectivity index (χ3v) is 0.768. The molecule has 2 N–H and O–H groups in total. The molecule has 1 unspecified atom stereocenters. The molecule has 0 radical (unpaired) electrons. The fourth-order valence-electron chi connectivity index (χ4n) is 0.222. The van der Waals surface area contributed by atoms with Gasteiger partial charge < -0.3 is 10.5 Å². The van der Waals surface area contributed by atoms with Gasteiger partial charge in [-0.15, -0.1) is 0 Å². The maximum Gasteiger partial charge on any atom is 0.117 e. The molecular weight excluding hydrogens is 97.0 g/mol. The number of hydrogen-bond donors (Lipinski definition) is 1. The van der Waals surface area contributed by atoms with Crippen LogP contribution in [-0.2, 0) is 4.74 Å². The van der Waals surface area contributed by atoms with E-state index in [1.54, 1.807) is 0 Å². The first kappa shape index (κ1) is 6.85. The van der Waals surface area contributed by atoms with Gasteiger partial charge >= 0.3 is 0 Å². The number of hydrogen-bond acceptors (Lipinski definition) is 2. The highest BCUT2D eigenvalue weighted by atomic mass is 19.1. The van der Waals surface area contributed by atoms with Gasteiger partial charge in [0.1, 0.15) is 6.67 Å². The van der Waals surface area contributed by atoms with Crippen LogP contribution in [0, 0.1) is 0 Å². The molecule has 0 aromatic heterocycles. The molecule has 3 heteroatoms. The summed E-state index contributed by atoms with van der Waals surface area (Å²) in [6, 6.07) is 0. The van der Waals surface area contributed by atoms with E-state index in [1.165, 1.54) is 7.11 Å². The molecule has 0 saturated carbocycles. The molecule has 0 bridgehead atoms. The lowest BCUT2D eigenvalue weighted by Gasteiger charge is -2.04. The van der Waals surface area contributed by atoms with Crippen LogP contribution in [0.25, 0.3) is 0 Å². The average Bonchev–Trinajstić information content (AvgIpc) is 1.72. The summed E-state index contributed by atoms with van der Waals surface area (Å²) in [5.74, 6) is 0. The zero-order valence-electron chi connectivity index (χ0n) is 4.36. The van der Waals surface area contributed by atoms with Gasteiger partial charge in [0.05, 0.1) is 6.10 Å². The number of nitrogens with two attached hydrogens (primary N) is 1. The van der Waals surface area contributed by atoms with Crippen LogP contribution in [0.5, 0.6) is 0 Å². The molecule has 2 nitrogen and oxygen atoms in total. The van der Waals surface area contributed by atoms with Gasteiger partial charge in [0.25, 0.3) is 0 Å². The van der Waals surface area contributed by atoms with Crippen molar-refractivity contribution in [3.05, 3.63) is 0 Å². The Balaban J connectivity index is 2.99. The van der Waals surface area contributed by atoms with E-state index in [9.17, 15) is 4.39 Å². The fraction of sp³-hybridized carbons (Fsp3) is 1.00. The van der Waals surface area contributed by atoms with E-state index in [4.69, 9.17) is 5.73 Å². The molecule has 0 aromatic carbocycles. The fourth-order valence-corrected chi connectivity index (χ4v) is 0.222. The Kier molecular flexibility index (Phi) is 3.93. The lowest BCUT2D eigenvalue weighted by Crippen LogP contribution is -2.23. The first-order valence-corrected chi connectivity index (χ1v) is 2.14. The molecule has 0 fully saturated rings. The van der Waals surface area contributed by atoms with Gasteiger partial charge in [0.15, 0.2) is 0 Å². The quantitative estimate of drug-likeness (QED) is 0.548. The molecule has 0 saturated heterocycles. The van der Waals surface area contributed by atoms with E-state index in [0.29, 0.717) is 0 Å². The number of halogens is 1. The second-order valence-corrected chi connectivity index (χ2v) is 1.25. The largest absolute Gasteiger partial charge is 0.377 e. The topological polar surface area (TPSA) is 35.2 Å². The van der Waals surface area contributed by atoms with E-state index in [2.05, 4.69) is 4.74 Å². The van der Waals surface area contributed by atoms with Crippen molar-refractivity contribution in [2.24, 2.45) is 5.73 Å². The van der Waals surface area contributed by atoms with E-state index in [0.717, 1.165) is 0 Å².